The third-order valence-electron chi connectivity index (χ3n) is 3.13. The van der Waals surface area contributed by atoms with Crippen LogP contribution in [0.2, 0.25) is 0 Å². The molecule has 1 aromatic carbocycles. The molecule has 0 saturated carbocycles. The lowest BCUT2D eigenvalue weighted by molar-refractivity contribution is 0.0694. The molecular weight excluding hydrogens is 252 g/mol. The Balaban J connectivity index is 2.17. The van der Waals surface area contributed by atoms with E-state index in [9.17, 15) is 4.79 Å². The van der Waals surface area contributed by atoms with Gasteiger partial charge >= 0.3 is 5.97 Å². The van der Waals surface area contributed by atoms with Crippen molar-refractivity contribution in [1.82, 2.24) is 9.97 Å². The van der Waals surface area contributed by atoms with Crippen molar-refractivity contribution in [3.63, 3.8) is 0 Å². The van der Waals surface area contributed by atoms with Gasteiger partial charge in [-0.2, -0.15) is 0 Å². The van der Waals surface area contributed by atoms with Crippen LogP contribution in [0.1, 0.15) is 47.2 Å². The first-order valence-electron chi connectivity index (χ1n) is 6.71. The lowest BCUT2D eigenvalue weighted by atomic mass is 10.0. The Labute approximate surface area is 118 Å². The predicted octanol–water partition coefficient (Wildman–Crippen LogP) is 3.08. The van der Waals surface area contributed by atoms with Crippen molar-refractivity contribution >= 4 is 5.97 Å². The molecule has 20 heavy (non-hydrogen) atoms. The van der Waals surface area contributed by atoms with Gasteiger partial charge in [0.25, 0.3) is 0 Å². The second-order valence-electron chi connectivity index (χ2n) is 5.03. The fourth-order valence-corrected chi connectivity index (χ4v) is 2.06. The smallest absolute Gasteiger partial charge is 0.339 e. The zero-order valence-electron chi connectivity index (χ0n) is 11.7. The van der Waals surface area contributed by atoms with Crippen LogP contribution in [0.25, 0.3) is 0 Å². The number of aryl methyl sites for hydroxylation is 2. The molecule has 0 unspecified atom stereocenters. The van der Waals surface area contributed by atoms with Crippen LogP contribution in [0, 0.1) is 0 Å². The summed E-state index contributed by atoms with van der Waals surface area (Å²) in [6.45, 7) is 3.88. The average molecular weight is 270 g/mol. The fourth-order valence-electron chi connectivity index (χ4n) is 2.06. The van der Waals surface area contributed by atoms with E-state index in [4.69, 9.17) is 5.11 Å². The van der Waals surface area contributed by atoms with Crippen molar-refractivity contribution in [3.8, 4) is 0 Å². The third-order valence-corrected chi connectivity index (χ3v) is 3.13. The van der Waals surface area contributed by atoms with E-state index in [-0.39, 0.29) is 11.5 Å². The van der Waals surface area contributed by atoms with E-state index >= 15 is 0 Å². The maximum absolute atomic E-state index is 11.1. The number of hydrogen-bond acceptors (Lipinski definition) is 3. The molecule has 2 rings (SSSR count). The number of carboxylic acid groups (broad SMARTS) is 1. The molecule has 1 aromatic heterocycles. The highest BCUT2D eigenvalue weighted by Crippen LogP contribution is 2.17. The van der Waals surface area contributed by atoms with Gasteiger partial charge in [0.15, 0.2) is 0 Å². The fraction of sp³-hybridized carbons (Fsp3) is 0.312. The van der Waals surface area contributed by atoms with E-state index in [2.05, 4.69) is 22.1 Å². The summed E-state index contributed by atoms with van der Waals surface area (Å²) in [5, 5.41) is 9.13. The van der Waals surface area contributed by atoms with E-state index < -0.39 is 5.97 Å². The molecule has 0 saturated heterocycles. The van der Waals surface area contributed by atoms with Crippen molar-refractivity contribution in [3.05, 3.63) is 59.2 Å². The summed E-state index contributed by atoms with van der Waals surface area (Å²) < 4.78 is 0. The summed E-state index contributed by atoms with van der Waals surface area (Å²) in [6, 6.07) is 10.1. The second-order valence-corrected chi connectivity index (χ2v) is 5.03. The Hall–Kier alpha value is -2.23. The highest BCUT2D eigenvalue weighted by atomic mass is 16.4. The van der Waals surface area contributed by atoms with Gasteiger partial charge in [-0.3, -0.25) is 0 Å². The van der Waals surface area contributed by atoms with Crippen molar-refractivity contribution in [2.24, 2.45) is 0 Å². The van der Waals surface area contributed by atoms with E-state index in [0.717, 1.165) is 6.42 Å². The minimum Gasteiger partial charge on any atom is -0.478 e. The van der Waals surface area contributed by atoms with Crippen molar-refractivity contribution in [1.29, 1.82) is 0 Å². The maximum atomic E-state index is 11.1. The largest absolute Gasteiger partial charge is 0.478 e. The molecule has 2 aromatic rings. The van der Waals surface area contributed by atoms with Crippen LogP contribution in [-0.4, -0.2) is 21.0 Å². The quantitative estimate of drug-likeness (QED) is 0.906. The Bertz CT molecular complexity index is 595. The number of aromatic carboxylic acids is 1. The Morgan fingerprint density at radius 3 is 2.50 bits per heavy atom. The summed E-state index contributed by atoms with van der Waals surface area (Å²) in [6.07, 6.45) is 2.99. The molecule has 0 aliphatic rings. The standard InChI is InChI=1S/C16H18N2O2/c1-11(2)15-13(16(19)20)10-17-14(18-15)9-8-12-6-4-3-5-7-12/h3-7,10-11H,8-9H2,1-2H3,(H,19,20). The van der Waals surface area contributed by atoms with Gasteiger partial charge in [0.05, 0.1) is 11.3 Å². The van der Waals surface area contributed by atoms with E-state index in [1.807, 2.05) is 32.0 Å². The average Bonchev–Trinajstić information content (AvgIpc) is 2.45. The summed E-state index contributed by atoms with van der Waals surface area (Å²) in [4.78, 5) is 19.7. The van der Waals surface area contributed by atoms with Crippen molar-refractivity contribution in [2.45, 2.75) is 32.6 Å². The van der Waals surface area contributed by atoms with Gasteiger partial charge < -0.3 is 5.11 Å². The van der Waals surface area contributed by atoms with Crippen LogP contribution in [0.5, 0.6) is 0 Å². The van der Waals surface area contributed by atoms with Gasteiger partial charge in [-0.15, -0.1) is 0 Å². The van der Waals surface area contributed by atoms with Gasteiger partial charge in [-0.1, -0.05) is 44.2 Å². The SMILES string of the molecule is CC(C)c1nc(CCc2ccccc2)ncc1C(=O)O. The van der Waals surface area contributed by atoms with Crippen molar-refractivity contribution in [2.75, 3.05) is 0 Å². The minimum atomic E-state index is -0.969. The molecule has 0 radical (unpaired) electrons. The normalized spacial score (nSPS) is 10.8. The molecular formula is C16H18N2O2. The van der Waals surface area contributed by atoms with E-state index in [0.29, 0.717) is 17.9 Å². The molecule has 104 valence electrons. The summed E-state index contributed by atoms with van der Waals surface area (Å²) in [5.74, 6) is -0.203. The lowest BCUT2D eigenvalue weighted by Crippen LogP contribution is -2.10. The Morgan fingerprint density at radius 2 is 1.90 bits per heavy atom. The maximum Gasteiger partial charge on any atom is 0.339 e. The molecule has 0 bridgehead atoms. The molecule has 0 aliphatic heterocycles. The highest BCUT2D eigenvalue weighted by molar-refractivity contribution is 5.88. The zero-order chi connectivity index (χ0) is 14.5. The number of nitrogens with zero attached hydrogens (tertiary/aromatic N) is 2. The molecule has 0 amide bonds. The second kappa shape index (κ2) is 6.28. The monoisotopic (exact) mass is 270 g/mol. The highest BCUT2D eigenvalue weighted by Gasteiger charge is 2.16. The Morgan fingerprint density at radius 1 is 1.20 bits per heavy atom. The van der Waals surface area contributed by atoms with Crippen LogP contribution < -0.4 is 0 Å². The van der Waals surface area contributed by atoms with Gasteiger partial charge in [0.1, 0.15) is 5.82 Å². The number of rotatable bonds is 5. The first-order valence-corrected chi connectivity index (χ1v) is 6.71. The third kappa shape index (κ3) is 3.41. The molecule has 0 fully saturated rings. The summed E-state index contributed by atoms with van der Waals surface area (Å²) in [5.41, 5.74) is 2.03. The number of benzene rings is 1. The molecule has 1 heterocycles. The van der Waals surface area contributed by atoms with Crippen molar-refractivity contribution < 1.29 is 9.90 Å². The van der Waals surface area contributed by atoms with Crippen LogP contribution in [0.15, 0.2) is 36.5 Å². The first kappa shape index (κ1) is 14.2. The number of aromatic nitrogens is 2. The zero-order valence-corrected chi connectivity index (χ0v) is 11.7. The van der Waals surface area contributed by atoms with Crippen LogP contribution in [-0.2, 0) is 12.8 Å². The van der Waals surface area contributed by atoms with E-state index in [1.165, 1.54) is 11.8 Å². The predicted molar refractivity (Wildman–Crippen MR) is 76.9 cm³/mol. The van der Waals surface area contributed by atoms with Crippen LogP contribution in [0.3, 0.4) is 0 Å². The summed E-state index contributed by atoms with van der Waals surface area (Å²) >= 11 is 0. The summed E-state index contributed by atoms with van der Waals surface area (Å²) in [7, 11) is 0. The van der Waals surface area contributed by atoms with Gasteiger partial charge in [0.2, 0.25) is 0 Å². The Kier molecular flexibility index (Phi) is 4.45. The molecule has 4 nitrogen and oxygen atoms in total. The molecule has 4 heteroatoms. The minimum absolute atomic E-state index is 0.0691. The molecule has 0 atom stereocenters. The molecule has 1 N–H and O–H groups in total. The number of carboxylic acids is 1. The van der Waals surface area contributed by atoms with Gasteiger partial charge in [0, 0.05) is 12.6 Å². The lowest BCUT2D eigenvalue weighted by Gasteiger charge is -2.10. The molecule has 0 aliphatic carbocycles. The van der Waals surface area contributed by atoms with Crippen LogP contribution in [0.4, 0.5) is 0 Å². The van der Waals surface area contributed by atoms with Crippen LogP contribution >= 0.6 is 0 Å². The van der Waals surface area contributed by atoms with Gasteiger partial charge in [-0.05, 0) is 17.9 Å². The number of carbonyl (C=O) groups is 1. The number of hydrogen-bond donors (Lipinski definition) is 1. The first-order chi connectivity index (χ1) is 9.58. The molecule has 0 spiro atoms. The van der Waals surface area contributed by atoms with E-state index in [1.54, 1.807) is 0 Å². The topological polar surface area (TPSA) is 63.1 Å². The van der Waals surface area contributed by atoms with Gasteiger partial charge in [-0.25, -0.2) is 14.8 Å².